The number of hydrogen-bond acceptors (Lipinski definition) is 4. The molecule has 0 amide bonds. The summed E-state index contributed by atoms with van der Waals surface area (Å²) in [6.07, 6.45) is -0.240. The summed E-state index contributed by atoms with van der Waals surface area (Å²) in [5, 5.41) is 18.6. The van der Waals surface area contributed by atoms with Gasteiger partial charge in [0, 0.05) is 11.5 Å². The fraction of sp³-hybridized carbons (Fsp3) is 0.462. The van der Waals surface area contributed by atoms with E-state index >= 15 is 0 Å². The van der Waals surface area contributed by atoms with Gasteiger partial charge in [-0.3, -0.25) is 0 Å². The molecule has 0 saturated heterocycles. The molecule has 21 heavy (non-hydrogen) atoms. The second-order valence-corrected chi connectivity index (χ2v) is 7.81. The number of halogens is 1. The van der Waals surface area contributed by atoms with Gasteiger partial charge in [0.1, 0.15) is 0 Å². The van der Waals surface area contributed by atoms with Crippen molar-refractivity contribution in [2.24, 2.45) is 5.41 Å². The number of rotatable bonds is 4. The number of aliphatic hydroxyl groups is 1. The average molecular weight is 334 g/mol. The van der Waals surface area contributed by atoms with E-state index in [9.17, 15) is 18.3 Å². The molecular formula is C13H16ClNO5S. The van der Waals surface area contributed by atoms with Crippen LogP contribution < -0.4 is 4.72 Å². The zero-order valence-corrected chi connectivity index (χ0v) is 13.1. The molecule has 2 rings (SSSR count). The van der Waals surface area contributed by atoms with Crippen molar-refractivity contribution in [3.63, 3.8) is 0 Å². The van der Waals surface area contributed by atoms with E-state index in [-0.39, 0.29) is 15.5 Å². The van der Waals surface area contributed by atoms with Crippen molar-refractivity contribution in [3.05, 3.63) is 28.8 Å². The van der Waals surface area contributed by atoms with E-state index in [0.717, 1.165) is 6.07 Å². The predicted molar refractivity (Wildman–Crippen MR) is 76.9 cm³/mol. The molecule has 116 valence electrons. The zero-order valence-electron chi connectivity index (χ0n) is 11.5. The summed E-state index contributed by atoms with van der Waals surface area (Å²) in [4.78, 5) is 10.8. The average Bonchev–Trinajstić information content (AvgIpc) is 2.38. The van der Waals surface area contributed by atoms with Gasteiger partial charge in [-0.2, -0.15) is 0 Å². The van der Waals surface area contributed by atoms with Crippen LogP contribution in [-0.2, 0) is 10.0 Å². The van der Waals surface area contributed by atoms with Crippen LogP contribution >= 0.6 is 11.6 Å². The summed E-state index contributed by atoms with van der Waals surface area (Å²) in [6.45, 7) is 3.53. The molecule has 1 aliphatic rings. The van der Waals surface area contributed by atoms with E-state index in [1.807, 2.05) is 0 Å². The van der Waals surface area contributed by atoms with Gasteiger partial charge < -0.3 is 10.2 Å². The standard InChI is InChI=1S/C13H16ClNO5S/c1-13(2)10(6-11(13)16)15-21(19,20)7-3-4-9(14)8(5-7)12(17)18/h3-5,10-11,15-16H,6H2,1-2H3,(H,17,18). The zero-order chi connectivity index (χ0) is 16.0. The Bertz CT molecular complexity index is 686. The third-order valence-corrected chi connectivity index (χ3v) is 5.79. The Morgan fingerprint density at radius 2 is 2.05 bits per heavy atom. The van der Waals surface area contributed by atoms with E-state index in [4.69, 9.17) is 16.7 Å². The van der Waals surface area contributed by atoms with Gasteiger partial charge in [-0.05, 0) is 24.6 Å². The molecule has 2 unspecified atom stereocenters. The molecule has 1 fully saturated rings. The second kappa shape index (κ2) is 5.24. The van der Waals surface area contributed by atoms with Gasteiger partial charge in [-0.15, -0.1) is 0 Å². The highest BCUT2D eigenvalue weighted by Crippen LogP contribution is 2.41. The number of carboxylic acid groups (broad SMARTS) is 1. The third kappa shape index (κ3) is 2.91. The van der Waals surface area contributed by atoms with Gasteiger partial charge in [-0.25, -0.2) is 17.9 Å². The Labute approximate surface area is 127 Å². The molecule has 1 aromatic carbocycles. The summed E-state index contributed by atoms with van der Waals surface area (Å²) in [5.74, 6) is -1.29. The number of benzene rings is 1. The minimum Gasteiger partial charge on any atom is -0.478 e. The van der Waals surface area contributed by atoms with Gasteiger partial charge >= 0.3 is 5.97 Å². The van der Waals surface area contributed by atoms with E-state index in [1.165, 1.54) is 12.1 Å². The molecule has 1 aromatic rings. The van der Waals surface area contributed by atoms with Crippen molar-refractivity contribution >= 4 is 27.6 Å². The maximum atomic E-state index is 12.3. The number of hydrogen-bond donors (Lipinski definition) is 3. The molecule has 8 heteroatoms. The van der Waals surface area contributed by atoms with Crippen LogP contribution in [0.4, 0.5) is 0 Å². The van der Waals surface area contributed by atoms with E-state index in [1.54, 1.807) is 13.8 Å². The van der Waals surface area contributed by atoms with Crippen molar-refractivity contribution in [1.29, 1.82) is 0 Å². The highest BCUT2D eigenvalue weighted by molar-refractivity contribution is 7.89. The molecule has 0 bridgehead atoms. The van der Waals surface area contributed by atoms with Crippen LogP contribution in [0.1, 0.15) is 30.6 Å². The number of sulfonamides is 1. The molecule has 0 heterocycles. The number of carbonyl (C=O) groups is 1. The van der Waals surface area contributed by atoms with Crippen molar-refractivity contribution in [1.82, 2.24) is 4.72 Å². The largest absolute Gasteiger partial charge is 0.478 e. The molecule has 0 aromatic heterocycles. The highest BCUT2D eigenvalue weighted by Gasteiger charge is 2.48. The lowest BCUT2D eigenvalue weighted by Gasteiger charge is -2.49. The summed E-state index contributed by atoms with van der Waals surface area (Å²) >= 11 is 5.72. The Balaban J connectivity index is 2.29. The Hall–Kier alpha value is -1.15. The first-order chi connectivity index (χ1) is 9.55. The Kier molecular flexibility index (Phi) is 4.05. The summed E-state index contributed by atoms with van der Waals surface area (Å²) in [6, 6.07) is 3.11. The second-order valence-electron chi connectivity index (χ2n) is 5.69. The fourth-order valence-electron chi connectivity index (χ4n) is 2.19. The topological polar surface area (TPSA) is 104 Å². The van der Waals surface area contributed by atoms with Crippen molar-refractivity contribution < 1.29 is 23.4 Å². The van der Waals surface area contributed by atoms with Crippen LogP contribution in [0.25, 0.3) is 0 Å². The molecule has 2 atom stereocenters. The summed E-state index contributed by atoms with van der Waals surface area (Å²) in [7, 11) is -3.87. The van der Waals surface area contributed by atoms with E-state index in [0.29, 0.717) is 6.42 Å². The number of nitrogens with one attached hydrogen (secondary N) is 1. The molecule has 0 aliphatic heterocycles. The lowest BCUT2D eigenvalue weighted by molar-refractivity contribution is -0.0645. The normalized spacial score (nSPS) is 24.4. The number of aromatic carboxylic acids is 1. The van der Waals surface area contributed by atoms with Crippen molar-refractivity contribution in [2.75, 3.05) is 0 Å². The van der Waals surface area contributed by atoms with Gasteiger partial charge in [0.05, 0.1) is 21.6 Å². The number of carboxylic acids is 1. The molecule has 3 N–H and O–H groups in total. The molecule has 0 radical (unpaired) electrons. The summed E-state index contributed by atoms with van der Waals surface area (Å²) in [5.41, 5.74) is -0.831. The maximum absolute atomic E-state index is 12.3. The third-order valence-electron chi connectivity index (χ3n) is 3.99. The first-order valence-corrected chi connectivity index (χ1v) is 8.15. The van der Waals surface area contributed by atoms with Gasteiger partial charge in [0.2, 0.25) is 10.0 Å². The van der Waals surface area contributed by atoms with Crippen molar-refractivity contribution in [2.45, 2.75) is 37.3 Å². The van der Waals surface area contributed by atoms with Crippen LogP contribution in [0.3, 0.4) is 0 Å². The minimum absolute atomic E-state index is 0.0270. The lowest BCUT2D eigenvalue weighted by Crippen LogP contribution is -2.61. The summed E-state index contributed by atoms with van der Waals surface area (Å²) < 4.78 is 27.1. The SMILES string of the molecule is CC1(C)C(O)CC1NS(=O)(=O)c1ccc(Cl)c(C(=O)O)c1. The first kappa shape index (κ1) is 16.2. The lowest BCUT2D eigenvalue weighted by atomic mass is 9.65. The molecule has 0 spiro atoms. The van der Waals surface area contributed by atoms with Gasteiger partial charge in [0.25, 0.3) is 0 Å². The smallest absolute Gasteiger partial charge is 0.337 e. The van der Waals surface area contributed by atoms with Gasteiger partial charge in [-0.1, -0.05) is 25.4 Å². The predicted octanol–water partition coefficient (Wildman–Crippen LogP) is 1.48. The molecule has 1 saturated carbocycles. The van der Waals surface area contributed by atoms with Crippen LogP contribution in [0.15, 0.2) is 23.1 Å². The molecule has 1 aliphatic carbocycles. The van der Waals surface area contributed by atoms with Gasteiger partial charge in [0.15, 0.2) is 0 Å². The van der Waals surface area contributed by atoms with E-state index < -0.39 is 33.6 Å². The highest BCUT2D eigenvalue weighted by atomic mass is 35.5. The number of aliphatic hydroxyl groups excluding tert-OH is 1. The Morgan fingerprint density at radius 1 is 1.43 bits per heavy atom. The molecular weight excluding hydrogens is 318 g/mol. The van der Waals surface area contributed by atoms with Crippen LogP contribution in [0.5, 0.6) is 0 Å². The minimum atomic E-state index is -3.87. The Morgan fingerprint density at radius 3 is 2.52 bits per heavy atom. The van der Waals surface area contributed by atoms with Crippen LogP contribution in [0.2, 0.25) is 5.02 Å². The first-order valence-electron chi connectivity index (χ1n) is 6.29. The van der Waals surface area contributed by atoms with Crippen molar-refractivity contribution in [3.8, 4) is 0 Å². The maximum Gasteiger partial charge on any atom is 0.337 e. The van der Waals surface area contributed by atoms with Crippen LogP contribution in [-0.4, -0.2) is 36.7 Å². The quantitative estimate of drug-likeness (QED) is 0.774. The molecule has 6 nitrogen and oxygen atoms in total. The monoisotopic (exact) mass is 333 g/mol. The van der Waals surface area contributed by atoms with E-state index in [2.05, 4.69) is 4.72 Å². The van der Waals surface area contributed by atoms with Crippen LogP contribution in [0, 0.1) is 5.41 Å². The fourth-order valence-corrected chi connectivity index (χ4v) is 3.82.